The molecule has 20 heavy (non-hydrogen) atoms. The Balaban J connectivity index is 2.35. The van der Waals surface area contributed by atoms with Crippen molar-refractivity contribution in [2.75, 3.05) is 0 Å². The summed E-state index contributed by atoms with van der Waals surface area (Å²) in [6, 6.07) is 14.3. The van der Waals surface area contributed by atoms with E-state index in [0.29, 0.717) is 5.02 Å². The van der Waals surface area contributed by atoms with Crippen LogP contribution >= 0.6 is 11.6 Å². The predicted molar refractivity (Wildman–Crippen MR) is 84.2 cm³/mol. The molecule has 2 rings (SSSR count). The largest absolute Gasteiger partial charge is 0.198 e. The van der Waals surface area contributed by atoms with Crippen LogP contribution in [0, 0.1) is 32.1 Å². The zero-order valence-electron chi connectivity index (χ0n) is 12.1. The van der Waals surface area contributed by atoms with Crippen molar-refractivity contribution in [1.82, 2.24) is 0 Å². The van der Waals surface area contributed by atoms with Crippen LogP contribution in [0.25, 0.3) is 0 Å². The van der Waals surface area contributed by atoms with E-state index in [1.165, 1.54) is 22.3 Å². The van der Waals surface area contributed by atoms with E-state index in [2.05, 4.69) is 39.0 Å². The van der Waals surface area contributed by atoms with Crippen LogP contribution in [0.4, 0.5) is 0 Å². The third-order valence-corrected chi connectivity index (χ3v) is 3.89. The predicted octanol–water partition coefficient (Wildman–Crippen LogP) is 5.12. The molecular formula is C18H18ClN. The van der Waals surface area contributed by atoms with E-state index in [0.717, 1.165) is 12.0 Å². The Labute approximate surface area is 125 Å². The van der Waals surface area contributed by atoms with Gasteiger partial charge >= 0.3 is 0 Å². The summed E-state index contributed by atoms with van der Waals surface area (Å²) in [5, 5.41) is 10.2. The Bertz CT molecular complexity index is 644. The Morgan fingerprint density at radius 1 is 1.10 bits per heavy atom. The molecule has 0 radical (unpaired) electrons. The van der Waals surface area contributed by atoms with Crippen molar-refractivity contribution in [2.24, 2.45) is 0 Å². The van der Waals surface area contributed by atoms with Gasteiger partial charge in [-0.1, -0.05) is 41.4 Å². The van der Waals surface area contributed by atoms with Crippen LogP contribution in [0.5, 0.6) is 0 Å². The smallest absolute Gasteiger partial charge is 0.0753 e. The molecule has 0 saturated carbocycles. The van der Waals surface area contributed by atoms with Gasteiger partial charge in [-0.15, -0.1) is 0 Å². The van der Waals surface area contributed by atoms with Gasteiger partial charge in [0.05, 0.1) is 12.0 Å². The Kier molecular flexibility index (Phi) is 4.47. The van der Waals surface area contributed by atoms with E-state index < -0.39 is 0 Å². The molecule has 0 aromatic heterocycles. The summed E-state index contributed by atoms with van der Waals surface area (Å²) in [7, 11) is 0. The average Bonchev–Trinajstić information content (AvgIpc) is 2.38. The average molecular weight is 284 g/mol. The summed E-state index contributed by atoms with van der Waals surface area (Å²) in [4.78, 5) is 0. The second-order valence-corrected chi connectivity index (χ2v) is 5.75. The molecule has 0 spiro atoms. The van der Waals surface area contributed by atoms with Crippen LogP contribution in [0.15, 0.2) is 36.4 Å². The van der Waals surface area contributed by atoms with Crippen molar-refractivity contribution >= 4 is 11.6 Å². The van der Waals surface area contributed by atoms with Gasteiger partial charge in [0.25, 0.3) is 0 Å². The maximum absolute atomic E-state index is 9.47. The maximum atomic E-state index is 9.47. The standard InChI is InChI=1S/C18H18ClN/c1-12-7-13(2)18(14(3)8-12)10-16(11-20)15-5-4-6-17(19)9-15/h4-9,16H,10H2,1-3H3. The van der Waals surface area contributed by atoms with E-state index in [1.807, 2.05) is 24.3 Å². The summed E-state index contributed by atoms with van der Waals surface area (Å²) in [5.74, 6) is -0.159. The summed E-state index contributed by atoms with van der Waals surface area (Å²) in [6.07, 6.45) is 0.731. The molecule has 0 fully saturated rings. The Morgan fingerprint density at radius 3 is 2.30 bits per heavy atom. The van der Waals surface area contributed by atoms with Gasteiger partial charge < -0.3 is 0 Å². The topological polar surface area (TPSA) is 23.8 Å². The van der Waals surface area contributed by atoms with E-state index in [1.54, 1.807) is 0 Å². The zero-order valence-corrected chi connectivity index (χ0v) is 12.8. The number of aryl methyl sites for hydroxylation is 3. The zero-order chi connectivity index (χ0) is 14.7. The summed E-state index contributed by atoms with van der Waals surface area (Å²) in [6.45, 7) is 6.33. The highest BCUT2D eigenvalue weighted by molar-refractivity contribution is 6.30. The first-order valence-corrected chi connectivity index (χ1v) is 7.11. The lowest BCUT2D eigenvalue weighted by atomic mass is 9.88. The lowest BCUT2D eigenvalue weighted by molar-refractivity contribution is 0.836. The Hall–Kier alpha value is -1.78. The molecule has 0 bridgehead atoms. The monoisotopic (exact) mass is 283 g/mol. The van der Waals surface area contributed by atoms with Gasteiger partial charge in [0, 0.05) is 5.02 Å². The molecule has 1 unspecified atom stereocenters. The van der Waals surface area contributed by atoms with Gasteiger partial charge in [-0.2, -0.15) is 5.26 Å². The second kappa shape index (κ2) is 6.11. The molecule has 2 heteroatoms. The van der Waals surface area contributed by atoms with Gasteiger partial charge in [-0.3, -0.25) is 0 Å². The molecule has 0 amide bonds. The molecule has 0 aliphatic heterocycles. The van der Waals surface area contributed by atoms with Crippen LogP contribution in [0.3, 0.4) is 0 Å². The first-order valence-electron chi connectivity index (χ1n) is 6.73. The van der Waals surface area contributed by atoms with E-state index >= 15 is 0 Å². The molecular weight excluding hydrogens is 266 g/mol. The number of hydrogen-bond acceptors (Lipinski definition) is 1. The first kappa shape index (κ1) is 14.6. The number of rotatable bonds is 3. The summed E-state index contributed by atoms with van der Waals surface area (Å²) >= 11 is 6.02. The summed E-state index contributed by atoms with van der Waals surface area (Å²) in [5.41, 5.74) is 6.02. The van der Waals surface area contributed by atoms with E-state index in [4.69, 9.17) is 11.6 Å². The third-order valence-electron chi connectivity index (χ3n) is 3.66. The van der Waals surface area contributed by atoms with E-state index in [9.17, 15) is 5.26 Å². The van der Waals surface area contributed by atoms with Gasteiger partial charge in [0.15, 0.2) is 0 Å². The quantitative estimate of drug-likeness (QED) is 0.767. The minimum atomic E-state index is -0.159. The SMILES string of the molecule is Cc1cc(C)c(CC(C#N)c2cccc(Cl)c2)c(C)c1. The third kappa shape index (κ3) is 3.21. The molecule has 0 saturated heterocycles. The number of halogens is 1. The fourth-order valence-corrected chi connectivity index (χ4v) is 2.90. The fourth-order valence-electron chi connectivity index (χ4n) is 2.70. The van der Waals surface area contributed by atoms with Gasteiger partial charge in [-0.25, -0.2) is 0 Å². The van der Waals surface area contributed by atoms with Crippen LogP contribution in [-0.2, 0) is 6.42 Å². The maximum Gasteiger partial charge on any atom is 0.0753 e. The van der Waals surface area contributed by atoms with Crippen molar-refractivity contribution < 1.29 is 0 Å². The van der Waals surface area contributed by atoms with Crippen LogP contribution in [-0.4, -0.2) is 0 Å². The molecule has 2 aromatic carbocycles. The highest BCUT2D eigenvalue weighted by atomic mass is 35.5. The van der Waals surface area contributed by atoms with Crippen molar-refractivity contribution in [3.05, 3.63) is 69.2 Å². The van der Waals surface area contributed by atoms with Crippen LogP contribution in [0.1, 0.15) is 33.7 Å². The molecule has 0 N–H and O–H groups in total. The lowest BCUT2D eigenvalue weighted by Gasteiger charge is -2.15. The number of nitrogens with zero attached hydrogens (tertiary/aromatic N) is 1. The van der Waals surface area contributed by atoms with Crippen molar-refractivity contribution in [2.45, 2.75) is 33.1 Å². The first-order chi connectivity index (χ1) is 9.51. The molecule has 0 heterocycles. The number of nitriles is 1. The normalized spacial score (nSPS) is 11.9. The molecule has 0 aliphatic carbocycles. The minimum absolute atomic E-state index is 0.159. The summed E-state index contributed by atoms with van der Waals surface area (Å²) < 4.78 is 0. The fraction of sp³-hybridized carbons (Fsp3) is 0.278. The number of benzene rings is 2. The van der Waals surface area contributed by atoms with Crippen molar-refractivity contribution in [3.63, 3.8) is 0 Å². The van der Waals surface area contributed by atoms with Gasteiger partial charge in [0.1, 0.15) is 0 Å². The number of hydrogen-bond donors (Lipinski definition) is 0. The molecule has 1 nitrogen and oxygen atoms in total. The van der Waals surface area contributed by atoms with Crippen LogP contribution < -0.4 is 0 Å². The molecule has 1 atom stereocenters. The van der Waals surface area contributed by atoms with Gasteiger partial charge in [-0.05, 0) is 61.6 Å². The molecule has 102 valence electrons. The van der Waals surface area contributed by atoms with Crippen molar-refractivity contribution in [1.29, 1.82) is 5.26 Å². The molecule has 2 aromatic rings. The second-order valence-electron chi connectivity index (χ2n) is 5.32. The van der Waals surface area contributed by atoms with Crippen molar-refractivity contribution in [3.8, 4) is 6.07 Å². The Morgan fingerprint density at radius 2 is 1.75 bits per heavy atom. The highest BCUT2D eigenvalue weighted by Gasteiger charge is 2.15. The van der Waals surface area contributed by atoms with Crippen LogP contribution in [0.2, 0.25) is 5.02 Å². The highest BCUT2D eigenvalue weighted by Crippen LogP contribution is 2.26. The van der Waals surface area contributed by atoms with Gasteiger partial charge in [0.2, 0.25) is 0 Å². The van der Waals surface area contributed by atoms with E-state index in [-0.39, 0.29) is 5.92 Å². The molecule has 0 aliphatic rings. The minimum Gasteiger partial charge on any atom is -0.198 e. The lowest BCUT2D eigenvalue weighted by Crippen LogP contribution is -2.04.